The summed E-state index contributed by atoms with van der Waals surface area (Å²) >= 11 is -1.68. The number of hydrogen-bond donors (Lipinski definition) is 1. The van der Waals surface area contributed by atoms with E-state index in [1.54, 1.807) is 25.1 Å². The first-order valence-electron chi connectivity index (χ1n) is 10.8. The molecule has 0 bridgehead atoms. The molecule has 1 atom stereocenters. The lowest BCUT2D eigenvalue weighted by molar-refractivity contribution is 0.0784. The van der Waals surface area contributed by atoms with Crippen LogP contribution >= 0.6 is 11.7 Å². The molecule has 186 valence electrons. The molecule has 0 aliphatic carbocycles. The highest BCUT2D eigenvalue weighted by Gasteiger charge is 2.28. The van der Waals surface area contributed by atoms with Crippen LogP contribution in [0.2, 0.25) is 0 Å². The molecule has 7 nitrogen and oxygen atoms in total. The second kappa shape index (κ2) is 11.0. The number of halogens is 2. The number of benzene rings is 3. The van der Waals surface area contributed by atoms with Crippen molar-refractivity contribution in [2.75, 3.05) is 11.4 Å². The van der Waals surface area contributed by atoms with Gasteiger partial charge in [0.2, 0.25) is 0 Å². The van der Waals surface area contributed by atoms with Crippen LogP contribution in [0.5, 0.6) is 0 Å². The predicted octanol–water partition coefficient (Wildman–Crippen LogP) is 5.26. The van der Waals surface area contributed by atoms with E-state index >= 15 is 0 Å². The Hall–Kier alpha value is -3.54. The summed E-state index contributed by atoms with van der Waals surface area (Å²) in [4.78, 5) is 14.7. The molecule has 1 amide bonds. The summed E-state index contributed by atoms with van der Waals surface area (Å²) in [5.41, 5.74) is 2.59. The largest absolute Gasteiger partial charge is 0.337 e. The Labute approximate surface area is 213 Å². The van der Waals surface area contributed by atoms with Crippen molar-refractivity contribution in [2.24, 2.45) is 0 Å². The maximum absolute atomic E-state index is 14.2. The number of nitrogens with zero attached hydrogens (tertiary/aromatic N) is 4. The van der Waals surface area contributed by atoms with E-state index in [9.17, 15) is 22.3 Å². The Morgan fingerprint density at radius 2 is 1.81 bits per heavy atom. The van der Waals surface area contributed by atoms with E-state index in [1.165, 1.54) is 18.0 Å². The molecule has 0 radical (unpaired) electrons. The van der Waals surface area contributed by atoms with Gasteiger partial charge in [0.1, 0.15) is 17.3 Å². The van der Waals surface area contributed by atoms with Crippen molar-refractivity contribution in [3.63, 3.8) is 0 Å². The summed E-state index contributed by atoms with van der Waals surface area (Å²) in [5, 5.41) is 0. The van der Waals surface area contributed by atoms with Gasteiger partial charge in [-0.25, -0.2) is 17.3 Å². The third-order valence-electron chi connectivity index (χ3n) is 5.47. The van der Waals surface area contributed by atoms with Crippen LogP contribution in [0.3, 0.4) is 0 Å². The summed E-state index contributed by atoms with van der Waals surface area (Å²) in [6.07, 6.45) is 0.374. The molecular formula is C25H22F2N4O3S2. The van der Waals surface area contributed by atoms with E-state index in [0.717, 1.165) is 39.3 Å². The molecule has 0 saturated carbocycles. The Morgan fingerprint density at radius 1 is 1.06 bits per heavy atom. The first kappa shape index (κ1) is 25.5. The van der Waals surface area contributed by atoms with Gasteiger partial charge >= 0.3 is 0 Å². The highest BCUT2D eigenvalue weighted by Crippen LogP contribution is 2.34. The Balaban J connectivity index is 1.71. The van der Waals surface area contributed by atoms with Crippen LogP contribution in [0.1, 0.15) is 32.7 Å². The van der Waals surface area contributed by atoms with Crippen LogP contribution in [0.4, 0.5) is 20.3 Å². The van der Waals surface area contributed by atoms with Crippen LogP contribution in [0.15, 0.2) is 66.7 Å². The fourth-order valence-corrected chi connectivity index (χ4v) is 4.92. The molecule has 0 saturated heterocycles. The van der Waals surface area contributed by atoms with E-state index in [2.05, 4.69) is 8.75 Å². The van der Waals surface area contributed by atoms with E-state index in [1.807, 2.05) is 30.3 Å². The zero-order valence-electron chi connectivity index (χ0n) is 19.4. The van der Waals surface area contributed by atoms with E-state index in [0.29, 0.717) is 12.1 Å². The van der Waals surface area contributed by atoms with Crippen LogP contribution < -0.4 is 4.31 Å². The molecule has 1 N–H and O–H groups in total. The number of carbonyl (C=O) groups excluding carboxylic acids is 1. The van der Waals surface area contributed by atoms with Gasteiger partial charge in [0.15, 0.2) is 5.82 Å². The molecule has 4 rings (SSSR count). The zero-order chi connectivity index (χ0) is 25.8. The number of aromatic nitrogens is 2. The molecule has 1 heterocycles. The topological polar surface area (TPSA) is 86.6 Å². The lowest BCUT2D eigenvalue weighted by atomic mass is 10.1. The van der Waals surface area contributed by atoms with Gasteiger partial charge < -0.3 is 4.90 Å². The SMILES string of the molecule is Cc1ccc(C(=O)N(C)Cc2ccc(F)cc2F)c(N(c2nsnc2Cc2ccccc2)S(=O)O)c1. The summed E-state index contributed by atoms with van der Waals surface area (Å²) in [5.74, 6) is -1.83. The summed E-state index contributed by atoms with van der Waals surface area (Å²) < 4.78 is 60.0. The van der Waals surface area contributed by atoms with Crippen molar-refractivity contribution in [3.05, 3.63) is 106 Å². The van der Waals surface area contributed by atoms with Crippen molar-refractivity contribution in [2.45, 2.75) is 19.9 Å². The second-order valence-electron chi connectivity index (χ2n) is 8.14. The van der Waals surface area contributed by atoms with Gasteiger partial charge in [-0.15, -0.1) is 0 Å². The molecule has 0 spiro atoms. The van der Waals surface area contributed by atoms with Crippen molar-refractivity contribution in [1.82, 2.24) is 13.6 Å². The van der Waals surface area contributed by atoms with Crippen molar-refractivity contribution < 1.29 is 22.3 Å². The highest BCUT2D eigenvalue weighted by molar-refractivity contribution is 7.81. The van der Waals surface area contributed by atoms with Crippen molar-refractivity contribution in [3.8, 4) is 0 Å². The van der Waals surface area contributed by atoms with Gasteiger partial charge in [0.25, 0.3) is 17.2 Å². The smallest absolute Gasteiger partial charge is 0.268 e. The molecule has 11 heteroatoms. The summed E-state index contributed by atoms with van der Waals surface area (Å²) in [6, 6.07) is 17.5. The number of amides is 1. The molecule has 4 aromatic rings. The van der Waals surface area contributed by atoms with Gasteiger partial charge in [-0.1, -0.05) is 42.5 Å². The van der Waals surface area contributed by atoms with Gasteiger partial charge in [-0.3, -0.25) is 9.35 Å². The first-order chi connectivity index (χ1) is 17.2. The normalized spacial score (nSPS) is 11.8. The molecule has 36 heavy (non-hydrogen) atoms. The number of rotatable bonds is 8. The number of carbonyl (C=O) groups is 1. The second-order valence-corrected chi connectivity index (χ2v) is 9.49. The first-order valence-corrected chi connectivity index (χ1v) is 12.6. The highest BCUT2D eigenvalue weighted by atomic mass is 32.2. The van der Waals surface area contributed by atoms with Gasteiger partial charge in [-0.2, -0.15) is 8.75 Å². The molecule has 3 aromatic carbocycles. The minimum absolute atomic E-state index is 0.117. The lowest BCUT2D eigenvalue weighted by Crippen LogP contribution is -2.30. The standard InChI is InChI=1S/C25H22F2N4O3S2/c1-16-8-11-20(25(32)30(2)15-18-9-10-19(26)14-21(18)27)23(12-16)31(36(33)34)24-22(28-35-29-24)13-17-6-4-3-5-7-17/h3-12,14H,13,15H2,1-2H3,(H,33,34). The van der Waals surface area contributed by atoms with E-state index in [-0.39, 0.29) is 29.2 Å². The van der Waals surface area contributed by atoms with Crippen molar-refractivity contribution >= 4 is 40.4 Å². The zero-order valence-corrected chi connectivity index (χ0v) is 21.0. The van der Waals surface area contributed by atoms with Crippen LogP contribution in [-0.2, 0) is 24.2 Å². The summed E-state index contributed by atoms with van der Waals surface area (Å²) in [6.45, 7) is 1.66. The third-order valence-corrected chi connectivity index (χ3v) is 6.71. The Morgan fingerprint density at radius 3 is 2.50 bits per heavy atom. The third kappa shape index (κ3) is 5.64. The average Bonchev–Trinajstić information content (AvgIpc) is 3.28. The predicted molar refractivity (Wildman–Crippen MR) is 135 cm³/mol. The average molecular weight is 529 g/mol. The molecular weight excluding hydrogens is 506 g/mol. The lowest BCUT2D eigenvalue weighted by Gasteiger charge is -2.24. The molecule has 1 unspecified atom stereocenters. The Bertz CT molecular complexity index is 1420. The summed E-state index contributed by atoms with van der Waals surface area (Å²) in [7, 11) is 1.47. The number of anilines is 2. The van der Waals surface area contributed by atoms with E-state index in [4.69, 9.17) is 0 Å². The van der Waals surface area contributed by atoms with Crippen LogP contribution in [-0.4, -0.2) is 35.4 Å². The van der Waals surface area contributed by atoms with E-state index < -0.39 is 28.8 Å². The molecule has 0 fully saturated rings. The van der Waals surface area contributed by atoms with Gasteiger partial charge in [0, 0.05) is 31.6 Å². The quantitative estimate of drug-likeness (QED) is 0.315. The van der Waals surface area contributed by atoms with Crippen LogP contribution in [0.25, 0.3) is 0 Å². The molecule has 0 aliphatic rings. The monoisotopic (exact) mass is 528 g/mol. The fraction of sp³-hybridized carbons (Fsp3) is 0.160. The Kier molecular flexibility index (Phi) is 7.82. The number of aryl methyl sites for hydroxylation is 1. The van der Waals surface area contributed by atoms with Gasteiger partial charge in [0.05, 0.1) is 23.0 Å². The molecule has 0 aliphatic heterocycles. The maximum Gasteiger partial charge on any atom is 0.268 e. The van der Waals surface area contributed by atoms with Gasteiger partial charge in [-0.05, 0) is 36.2 Å². The maximum atomic E-state index is 14.2. The van der Waals surface area contributed by atoms with Crippen molar-refractivity contribution in [1.29, 1.82) is 0 Å². The minimum atomic E-state index is -2.58. The number of hydrogen-bond acceptors (Lipinski definition) is 5. The fourth-order valence-electron chi connectivity index (χ4n) is 3.70. The van der Waals surface area contributed by atoms with Crippen LogP contribution in [0, 0.1) is 18.6 Å². The minimum Gasteiger partial charge on any atom is -0.337 e. The molecule has 1 aromatic heterocycles.